The number of nitrogens with one attached hydrogen (secondary N) is 1. The zero-order valence-electron chi connectivity index (χ0n) is 16.3. The Kier molecular flexibility index (Phi) is 6.87. The number of thiophene rings is 1. The summed E-state index contributed by atoms with van der Waals surface area (Å²) >= 11 is 1.30. The summed E-state index contributed by atoms with van der Waals surface area (Å²) in [5.74, 6) is -0.574. The van der Waals surface area contributed by atoms with E-state index in [1.165, 1.54) is 11.3 Å². The summed E-state index contributed by atoms with van der Waals surface area (Å²) in [6.45, 7) is -0.00345. The highest BCUT2D eigenvalue weighted by Crippen LogP contribution is 2.42. The molecule has 0 bridgehead atoms. The SMILES string of the molecule is CS(=O)(=O)NCCc1ccc(C(=O)COC(=O)C2(c3ccccc3)CCCC2)s1. The molecular formula is C21H25NO5S2. The maximum atomic E-state index is 12.9. The Labute approximate surface area is 175 Å². The number of Topliss-reactive ketones (excluding diaryl/α,β-unsaturated/α-hetero) is 1. The first-order valence-electron chi connectivity index (χ1n) is 9.59. The quantitative estimate of drug-likeness (QED) is 0.483. The molecule has 0 spiro atoms. The van der Waals surface area contributed by atoms with Crippen molar-refractivity contribution in [1.29, 1.82) is 0 Å². The topological polar surface area (TPSA) is 89.5 Å². The van der Waals surface area contributed by atoms with E-state index in [0.29, 0.717) is 11.3 Å². The molecule has 29 heavy (non-hydrogen) atoms. The van der Waals surface area contributed by atoms with Crippen molar-refractivity contribution >= 4 is 33.1 Å². The third kappa shape index (κ3) is 5.52. The highest BCUT2D eigenvalue weighted by atomic mass is 32.2. The molecule has 6 nitrogen and oxygen atoms in total. The molecule has 1 aromatic carbocycles. The molecule has 1 aromatic heterocycles. The lowest BCUT2D eigenvalue weighted by Crippen LogP contribution is -2.35. The first kappa shape index (κ1) is 21.7. The van der Waals surface area contributed by atoms with Crippen molar-refractivity contribution in [3.8, 4) is 0 Å². The Bertz CT molecular complexity index is 960. The van der Waals surface area contributed by atoms with Gasteiger partial charge in [0.05, 0.1) is 16.5 Å². The highest BCUT2D eigenvalue weighted by Gasteiger charge is 2.44. The van der Waals surface area contributed by atoms with Crippen molar-refractivity contribution in [2.75, 3.05) is 19.4 Å². The second-order valence-electron chi connectivity index (χ2n) is 7.34. The van der Waals surface area contributed by atoms with Gasteiger partial charge in [0.25, 0.3) is 0 Å². The average molecular weight is 436 g/mol. The van der Waals surface area contributed by atoms with E-state index >= 15 is 0 Å². The Morgan fingerprint density at radius 1 is 1.10 bits per heavy atom. The Morgan fingerprint density at radius 2 is 1.79 bits per heavy atom. The molecule has 0 radical (unpaired) electrons. The van der Waals surface area contributed by atoms with Gasteiger partial charge < -0.3 is 4.74 Å². The minimum absolute atomic E-state index is 0.244. The van der Waals surface area contributed by atoms with Gasteiger partial charge in [0, 0.05) is 11.4 Å². The number of hydrogen-bond acceptors (Lipinski definition) is 6. The molecule has 0 saturated heterocycles. The highest BCUT2D eigenvalue weighted by molar-refractivity contribution is 7.88. The van der Waals surface area contributed by atoms with Crippen molar-refractivity contribution in [3.63, 3.8) is 0 Å². The normalized spacial score (nSPS) is 15.9. The van der Waals surface area contributed by atoms with Crippen LogP contribution >= 0.6 is 11.3 Å². The Hall–Kier alpha value is -2.03. The molecule has 3 rings (SSSR count). The molecule has 156 valence electrons. The van der Waals surface area contributed by atoms with Crippen LogP contribution in [0.4, 0.5) is 0 Å². The molecule has 2 aromatic rings. The molecular weight excluding hydrogens is 410 g/mol. The lowest BCUT2D eigenvalue weighted by atomic mass is 9.79. The van der Waals surface area contributed by atoms with E-state index in [9.17, 15) is 18.0 Å². The summed E-state index contributed by atoms with van der Waals surface area (Å²) in [7, 11) is -3.23. The van der Waals surface area contributed by atoms with Gasteiger partial charge in [-0.3, -0.25) is 9.59 Å². The number of sulfonamides is 1. The molecule has 0 aliphatic heterocycles. The molecule has 1 aliphatic rings. The summed E-state index contributed by atoms with van der Waals surface area (Å²) in [5.41, 5.74) is 0.297. The van der Waals surface area contributed by atoms with Gasteiger partial charge >= 0.3 is 5.97 Å². The summed E-state index contributed by atoms with van der Waals surface area (Å²) in [5, 5.41) is 0. The zero-order valence-corrected chi connectivity index (χ0v) is 18.0. The molecule has 8 heteroatoms. The summed E-state index contributed by atoms with van der Waals surface area (Å²) in [6.07, 6.45) is 5.02. The number of ketones is 1. The van der Waals surface area contributed by atoms with Gasteiger partial charge in [-0.15, -0.1) is 11.3 Å². The molecule has 1 aliphatic carbocycles. The Morgan fingerprint density at radius 3 is 2.45 bits per heavy atom. The maximum absolute atomic E-state index is 12.9. The molecule has 1 saturated carbocycles. The predicted molar refractivity (Wildman–Crippen MR) is 113 cm³/mol. The number of carbonyl (C=O) groups is 2. The molecule has 0 unspecified atom stereocenters. The second kappa shape index (κ2) is 9.19. The largest absolute Gasteiger partial charge is 0.457 e. The van der Waals surface area contributed by atoms with Gasteiger partial charge in [0.15, 0.2) is 6.61 Å². The molecule has 0 amide bonds. The minimum Gasteiger partial charge on any atom is -0.457 e. The fourth-order valence-electron chi connectivity index (χ4n) is 3.71. The van der Waals surface area contributed by atoms with E-state index in [0.717, 1.165) is 42.4 Å². The lowest BCUT2D eigenvalue weighted by Gasteiger charge is -2.27. The molecule has 1 fully saturated rings. The van der Waals surface area contributed by atoms with Gasteiger partial charge in [0.2, 0.25) is 15.8 Å². The van der Waals surface area contributed by atoms with Crippen molar-refractivity contribution < 1.29 is 22.7 Å². The van der Waals surface area contributed by atoms with E-state index in [2.05, 4.69) is 4.72 Å². The van der Waals surface area contributed by atoms with Crippen LogP contribution in [0.25, 0.3) is 0 Å². The molecule has 1 N–H and O–H groups in total. The first-order valence-corrected chi connectivity index (χ1v) is 12.3. The molecule has 1 heterocycles. The van der Waals surface area contributed by atoms with Crippen LogP contribution in [-0.4, -0.2) is 39.6 Å². The second-order valence-corrected chi connectivity index (χ2v) is 10.3. The van der Waals surface area contributed by atoms with Crippen molar-refractivity contribution in [1.82, 2.24) is 4.72 Å². The standard InChI is InChI=1S/C21H25NO5S2/c1-29(25,26)22-14-11-17-9-10-19(28-17)18(23)15-27-20(24)21(12-5-6-13-21)16-7-3-2-4-8-16/h2-4,7-10,22H,5-6,11-15H2,1H3. The predicted octanol–water partition coefficient (Wildman–Crippen LogP) is 3.08. The van der Waals surface area contributed by atoms with Gasteiger partial charge in [-0.2, -0.15) is 0 Å². The third-order valence-electron chi connectivity index (χ3n) is 5.18. The average Bonchev–Trinajstić information content (AvgIpc) is 3.36. The van der Waals surface area contributed by atoms with Crippen molar-refractivity contribution in [3.05, 3.63) is 57.8 Å². The van der Waals surface area contributed by atoms with Crippen LogP contribution in [0.15, 0.2) is 42.5 Å². The number of hydrogen-bond donors (Lipinski definition) is 1. The van der Waals surface area contributed by atoms with Gasteiger partial charge in [-0.1, -0.05) is 43.2 Å². The fraction of sp³-hybridized carbons (Fsp3) is 0.429. The summed E-state index contributed by atoms with van der Waals surface area (Å²) in [4.78, 5) is 26.8. The number of esters is 1. The van der Waals surface area contributed by atoms with Gasteiger partial charge in [0.1, 0.15) is 0 Å². The molecule has 0 atom stereocenters. The number of rotatable bonds is 9. The minimum atomic E-state index is -3.23. The number of carbonyl (C=O) groups excluding carboxylic acids is 2. The van der Waals surface area contributed by atoms with Crippen LogP contribution in [0, 0.1) is 0 Å². The summed E-state index contributed by atoms with van der Waals surface area (Å²) < 4.78 is 30.1. The van der Waals surface area contributed by atoms with E-state index in [1.54, 1.807) is 12.1 Å². The zero-order chi connectivity index (χ0) is 20.9. The van der Waals surface area contributed by atoms with Crippen molar-refractivity contribution in [2.24, 2.45) is 0 Å². The van der Waals surface area contributed by atoms with E-state index < -0.39 is 15.4 Å². The van der Waals surface area contributed by atoms with Crippen LogP contribution in [0.1, 0.15) is 45.8 Å². The van der Waals surface area contributed by atoms with Crippen LogP contribution in [0.3, 0.4) is 0 Å². The van der Waals surface area contributed by atoms with E-state index in [4.69, 9.17) is 4.74 Å². The van der Waals surface area contributed by atoms with Crippen LogP contribution in [-0.2, 0) is 31.4 Å². The van der Waals surface area contributed by atoms with Gasteiger partial charge in [-0.05, 0) is 37.0 Å². The summed E-state index contributed by atoms with van der Waals surface area (Å²) in [6, 6.07) is 13.1. The van der Waals surface area contributed by atoms with Gasteiger partial charge in [-0.25, -0.2) is 13.1 Å². The van der Waals surface area contributed by atoms with Crippen LogP contribution < -0.4 is 4.72 Å². The smallest absolute Gasteiger partial charge is 0.317 e. The van der Waals surface area contributed by atoms with Crippen LogP contribution in [0.5, 0.6) is 0 Å². The first-order chi connectivity index (χ1) is 13.8. The van der Waals surface area contributed by atoms with Crippen LogP contribution in [0.2, 0.25) is 0 Å². The fourth-order valence-corrected chi connectivity index (χ4v) is 5.11. The number of benzene rings is 1. The third-order valence-corrected chi connectivity index (χ3v) is 7.10. The monoisotopic (exact) mass is 435 g/mol. The lowest BCUT2D eigenvalue weighted by molar-refractivity contribution is -0.149. The van der Waals surface area contributed by atoms with Crippen molar-refractivity contribution in [2.45, 2.75) is 37.5 Å². The Balaban J connectivity index is 1.58. The maximum Gasteiger partial charge on any atom is 0.317 e. The number of ether oxygens (including phenoxy) is 1. The van der Waals surface area contributed by atoms with E-state index in [1.807, 2.05) is 30.3 Å². The van der Waals surface area contributed by atoms with E-state index in [-0.39, 0.29) is 24.9 Å².